The lowest BCUT2D eigenvalue weighted by molar-refractivity contribution is -0.201. The summed E-state index contributed by atoms with van der Waals surface area (Å²) in [5, 5.41) is 2.87. The van der Waals surface area contributed by atoms with Gasteiger partial charge in [-0.3, -0.25) is 19.5 Å². The first kappa shape index (κ1) is 27.0. The van der Waals surface area contributed by atoms with Crippen molar-refractivity contribution in [1.82, 2.24) is 15.2 Å². The second kappa shape index (κ2) is 9.24. The predicted octanol–water partition coefficient (Wildman–Crippen LogP) is 4.29. The number of aliphatic imine (C=N–C) groups is 1. The molecule has 1 aliphatic carbocycles. The highest BCUT2D eigenvalue weighted by Gasteiger charge is 2.67. The molecule has 1 aromatic heterocycles. The Hall–Kier alpha value is -3.63. The first-order valence-electron chi connectivity index (χ1n) is 12.9. The monoisotopic (exact) mass is 543 g/mol. The zero-order valence-corrected chi connectivity index (χ0v) is 22.2. The lowest BCUT2D eigenvalue weighted by atomic mass is 9.93. The highest BCUT2D eigenvalue weighted by Crippen LogP contribution is 2.65. The number of amides is 2. The summed E-state index contributed by atoms with van der Waals surface area (Å²) in [6, 6.07) is 8.49. The number of fused-ring (bicyclic) bond motifs is 1. The van der Waals surface area contributed by atoms with Crippen molar-refractivity contribution in [3.8, 4) is 5.75 Å². The lowest BCUT2D eigenvalue weighted by Crippen LogP contribution is -2.52. The van der Waals surface area contributed by atoms with Gasteiger partial charge in [-0.05, 0) is 37.0 Å². The van der Waals surface area contributed by atoms with Gasteiger partial charge in [-0.2, -0.15) is 13.2 Å². The fraction of sp³-hybridized carbons (Fsp3) is 0.500. The van der Waals surface area contributed by atoms with Crippen LogP contribution < -0.4 is 15.8 Å². The summed E-state index contributed by atoms with van der Waals surface area (Å²) >= 11 is 0. The molecule has 5 rings (SSSR count). The van der Waals surface area contributed by atoms with E-state index in [2.05, 4.69) is 15.3 Å². The van der Waals surface area contributed by atoms with Gasteiger partial charge >= 0.3 is 6.18 Å². The van der Waals surface area contributed by atoms with Gasteiger partial charge in [-0.15, -0.1) is 0 Å². The average molecular weight is 544 g/mol. The topological polar surface area (TPSA) is 110 Å². The Morgan fingerprint density at radius 2 is 1.90 bits per heavy atom. The summed E-state index contributed by atoms with van der Waals surface area (Å²) in [6.45, 7) is 7.47. The van der Waals surface area contributed by atoms with E-state index in [4.69, 9.17) is 10.5 Å². The molecule has 3 N–H and O–H groups in total. The molecule has 39 heavy (non-hydrogen) atoms. The largest absolute Gasteiger partial charge is 0.480 e. The van der Waals surface area contributed by atoms with Crippen molar-refractivity contribution >= 4 is 17.8 Å². The van der Waals surface area contributed by atoms with Crippen LogP contribution in [0.25, 0.3) is 0 Å². The molecule has 3 heterocycles. The second-order valence-electron chi connectivity index (χ2n) is 11.8. The zero-order chi connectivity index (χ0) is 28.3. The number of halogens is 3. The van der Waals surface area contributed by atoms with Gasteiger partial charge in [-0.1, -0.05) is 38.1 Å². The molecule has 11 heteroatoms. The molecule has 2 amide bonds. The summed E-state index contributed by atoms with van der Waals surface area (Å²) in [6.07, 6.45) is -3.66. The molecule has 0 bridgehead atoms. The molecular formula is C28H32F3N5O3. The van der Waals surface area contributed by atoms with Crippen LogP contribution in [0.1, 0.15) is 63.7 Å². The van der Waals surface area contributed by atoms with E-state index in [1.54, 1.807) is 36.7 Å². The second-order valence-corrected chi connectivity index (χ2v) is 11.8. The van der Waals surface area contributed by atoms with Gasteiger partial charge in [0.15, 0.2) is 12.1 Å². The van der Waals surface area contributed by atoms with Crippen molar-refractivity contribution in [3.05, 3.63) is 59.9 Å². The molecule has 2 aliphatic heterocycles. The molecule has 1 fully saturated rings. The van der Waals surface area contributed by atoms with Crippen LogP contribution in [0.15, 0.2) is 53.8 Å². The molecule has 1 aromatic carbocycles. The number of nitrogens with one attached hydrogen (secondary N) is 1. The molecule has 5 atom stereocenters. The molecular weight excluding hydrogens is 511 g/mol. The summed E-state index contributed by atoms with van der Waals surface area (Å²) < 4.78 is 46.1. The number of nitrogens with two attached hydrogens (primary N) is 1. The number of carbonyl (C=O) groups excluding carboxylic acids is 2. The number of hydrogen-bond donors (Lipinski definition) is 2. The fourth-order valence-electron chi connectivity index (χ4n) is 6.14. The van der Waals surface area contributed by atoms with Gasteiger partial charge in [-0.25, -0.2) is 4.99 Å². The Balaban J connectivity index is 1.46. The average Bonchev–Trinajstić information content (AvgIpc) is 3.41. The van der Waals surface area contributed by atoms with Gasteiger partial charge < -0.3 is 15.8 Å². The lowest BCUT2D eigenvalue weighted by Gasteiger charge is -2.38. The number of rotatable bonds is 5. The van der Waals surface area contributed by atoms with E-state index in [1.165, 1.54) is 11.0 Å². The van der Waals surface area contributed by atoms with Crippen molar-refractivity contribution in [2.24, 2.45) is 28.0 Å². The number of guanidine groups is 1. The number of hydrogen-bond acceptors (Lipinski definition) is 6. The minimum atomic E-state index is -4.58. The Morgan fingerprint density at radius 1 is 1.18 bits per heavy atom. The molecule has 208 valence electrons. The molecule has 3 aliphatic rings. The van der Waals surface area contributed by atoms with Crippen molar-refractivity contribution < 1.29 is 27.5 Å². The summed E-state index contributed by atoms with van der Waals surface area (Å²) in [4.78, 5) is 37.3. The van der Waals surface area contributed by atoms with Gasteiger partial charge in [0.1, 0.15) is 5.75 Å². The number of nitrogens with zero attached hydrogens (tertiary/aromatic N) is 3. The first-order chi connectivity index (χ1) is 18.2. The molecule has 0 radical (unpaired) electrons. The third-order valence-corrected chi connectivity index (χ3v) is 8.05. The number of pyridine rings is 1. The quantitative estimate of drug-likeness (QED) is 0.585. The number of alkyl halides is 3. The van der Waals surface area contributed by atoms with E-state index in [0.717, 1.165) is 0 Å². The third kappa shape index (κ3) is 4.94. The maximum Gasteiger partial charge on any atom is 0.425 e. The van der Waals surface area contributed by atoms with Crippen LogP contribution in [0.4, 0.5) is 13.2 Å². The fourth-order valence-corrected chi connectivity index (χ4v) is 6.14. The Kier molecular flexibility index (Phi) is 6.38. The predicted molar refractivity (Wildman–Crippen MR) is 137 cm³/mol. The Morgan fingerprint density at radius 3 is 2.54 bits per heavy atom. The van der Waals surface area contributed by atoms with Crippen LogP contribution >= 0.6 is 0 Å². The molecule has 1 saturated carbocycles. The van der Waals surface area contributed by atoms with E-state index in [9.17, 15) is 22.8 Å². The van der Waals surface area contributed by atoms with Crippen LogP contribution in [0.3, 0.4) is 0 Å². The number of para-hydroxylation sites is 1. The molecule has 5 unspecified atom stereocenters. The molecule has 2 aromatic rings. The molecule has 0 spiro atoms. The van der Waals surface area contributed by atoms with Crippen LogP contribution in [0.2, 0.25) is 0 Å². The molecule has 8 nitrogen and oxygen atoms in total. The van der Waals surface area contributed by atoms with Crippen molar-refractivity contribution in [2.45, 2.75) is 70.4 Å². The van der Waals surface area contributed by atoms with Crippen LogP contribution in [-0.2, 0) is 9.59 Å². The SMILES string of the molecule is CC1(C)CC(=O)N(C(c2cccnc2)C2C(C(=O)NC3CC(C(F)(F)F)Oc4ccccc43)C2(C)C)C(N)=N1. The van der Waals surface area contributed by atoms with Gasteiger partial charge in [0.05, 0.1) is 24.0 Å². The minimum absolute atomic E-state index is 0.0679. The van der Waals surface area contributed by atoms with E-state index in [1.807, 2.05) is 33.8 Å². The number of aromatic nitrogens is 1. The first-order valence-corrected chi connectivity index (χ1v) is 12.9. The highest BCUT2D eigenvalue weighted by molar-refractivity contribution is 5.99. The van der Waals surface area contributed by atoms with E-state index < -0.39 is 47.7 Å². The van der Waals surface area contributed by atoms with E-state index in [-0.39, 0.29) is 35.9 Å². The normalized spacial score (nSPS) is 28.0. The summed E-state index contributed by atoms with van der Waals surface area (Å²) in [7, 11) is 0. The van der Waals surface area contributed by atoms with Crippen LogP contribution in [0.5, 0.6) is 5.75 Å². The highest BCUT2D eigenvalue weighted by atomic mass is 19.4. The smallest absolute Gasteiger partial charge is 0.425 e. The van der Waals surface area contributed by atoms with Gasteiger partial charge in [0.25, 0.3) is 0 Å². The van der Waals surface area contributed by atoms with E-state index >= 15 is 0 Å². The van der Waals surface area contributed by atoms with E-state index in [0.29, 0.717) is 11.1 Å². The maximum absolute atomic E-state index is 13.7. The maximum atomic E-state index is 13.7. The van der Waals surface area contributed by atoms with Crippen molar-refractivity contribution in [2.75, 3.05) is 0 Å². The number of benzene rings is 1. The minimum Gasteiger partial charge on any atom is -0.480 e. The number of carbonyl (C=O) groups is 2. The standard InChI is InChI=1S/C28H32F3N5O3/c1-26(2)13-20(37)36(25(32)35-26)23(15-8-7-11-33-14-15)21-22(27(21,3)4)24(38)34-17-12-19(28(29,30)31)39-18-10-6-5-9-16(17)18/h5-11,14,17,19,21-23H,12-13H2,1-4H3,(H2,32,35)(H,34,38). The van der Waals surface area contributed by atoms with Gasteiger partial charge in [0.2, 0.25) is 11.8 Å². The van der Waals surface area contributed by atoms with Crippen LogP contribution in [-0.4, -0.2) is 45.5 Å². The Bertz CT molecular complexity index is 1310. The summed E-state index contributed by atoms with van der Waals surface area (Å²) in [5.41, 5.74) is 6.28. The zero-order valence-electron chi connectivity index (χ0n) is 22.2. The summed E-state index contributed by atoms with van der Waals surface area (Å²) in [5.74, 6) is -1.41. The van der Waals surface area contributed by atoms with Crippen molar-refractivity contribution in [3.63, 3.8) is 0 Å². The van der Waals surface area contributed by atoms with Gasteiger partial charge in [0, 0.05) is 36.2 Å². The Labute approximate surface area is 224 Å². The van der Waals surface area contributed by atoms with Crippen molar-refractivity contribution in [1.29, 1.82) is 0 Å². The molecule has 0 saturated heterocycles. The van der Waals surface area contributed by atoms with Crippen LogP contribution in [0, 0.1) is 17.3 Å². The number of ether oxygens (including phenoxy) is 1. The third-order valence-electron chi connectivity index (χ3n) is 8.05.